The fourth-order valence-electron chi connectivity index (χ4n) is 22.2. The van der Waals surface area contributed by atoms with Crippen LogP contribution in [0.1, 0.15) is 261 Å². The lowest BCUT2D eigenvalue weighted by atomic mass is 9.52. The quantitative estimate of drug-likeness (QED) is 0.0329. The summed E-state index contributed by atoms with van der Waals surface area (Å²) in [4.78, 5) is 117. The smallest absolute Gasteiger partial charge is 0.278 e. The maximum absolute atomic E-state index is 13.5. The number of rotatable bonds is 21. The molecule has 19 rings (SSSR count). The molecule has 710 valence electrons. The van der Waals surface area contributed by atoms with E-state index in [9.17, 15) is 57.3 Å². The molecule has 0 aromatic heterocycles. The van der Waals surface area contributed by atoms with E-state index in [1.54, 1.807) is 36.4 Å². The van der Waals surface area contributed by atoms with Gasteiger partial charge in [-0.2, -0.15) is 20.0 Å². The first-order valence-electron chi connectivity index (χ1n) is 48.7. The minimum atomic E-state index is -3.75. The number of sulfonamides is 1. The molecule has 7 fully saturated rings. The second-order valence-electron chi connectivity index (χ2n) is 39.8. The standard InChI is InChI=1S/C29H33N3O4S.C28H35N3O2.C27H33N3O3.C26H31N3O3/c1-2-8-30-37(35,36)25-5-3-4-24(13-25)28(34)31-27-14-23-7-6-19(18-33)12-26(23)32(27)29-15-20-9-21(16-29)11-22(10-20)17-29;1-5-20-8-11-23-17-26(30-28(33)21-9-6-19(4)7-10-21)31(25(23)16-20)24-14-12-22(13-15-24)27(32)29-18(2)3;1-17(2)28-26(32)21-10-12-23(13-11-21)30-24-14-19(16-31)6-9-22(24)15-25(30)29-27(33)20-7-4-18(3)5-8-20;1-16(2)27-25(31)19-8-11-21(12-9-19)29-23-15-22(30)13-10-20(23)14-24(29)28-26(32)18-6-4-17(3)5-7-18/h2-7,12-13,20-22,30,33H,1,8-11,14-18H2;6-11,16,18,22,24H,5,12-15,17H2,1-4H3,(H,29,32);4-9,14,17,21,23,31H,10-13,15-16H2,1-3H3,(H,28,32);4-7,10,13,15-16,19,21,30H,8-9,11-12,14H2,1-3H3,(H,27,31). The molecule has 7 aliphatic carbocycles. The minimum absolute atomic E-state index is 0.0227. The SMILES string of the molecule is C=CCNS(=O)(=O)c1cccc(C(=O)N=C2Cc3ccc(CO)cc3N2C23CC4CC(CC(C4)C2)C3)c1.CCc1ccc2c(c1)N(C1CCC(C(=O)NC(C)C)CC1)C(=NC(=O)c1ccc(C)cc1)C2.Cc1ccc(C(=O)N=C2Cc3ccc(CO)cc3N2C2CCC(C(=O)NC(C)C)CC2)cc1.Cc1ccc(C(=O)N=C2Cc3ccc(O)cc3N2C2CCC(C(=O)NC(C)C)CC2)cc1. The number of aromatic hydroxyl groups is 1. The van der Waals surface area contributed by atoms with Crippen molar-refractivity contribution in [3.63, 3.8) is 0 Å². The molecule has 135 heavy (non-hydrogen) atoms. The van der Waals surface area contributed by atoms with E-state index in [0.29, 0.717) is 48.2 Å². The van der Waals surface area contributed by atoms with Gasteiger partial charge in [0.1, 0.15) is 29.1 Å². The first kappa shape index (κ1) is 97.6. The zero-order chi connectivity index (χ0) is 95.7. The minimum Gasteiger partial charge on any atom is -0.508 e. The molecule has 0 saturated heterocycles. The summed E-state index contributed by atoms with van der Waals surface area (Å²) in [5.41, 5.74) is 16.9. The molecule has 7 N–H and O–H groups in total. The second-order valence-corrected chi connectivity index (χ2v) is 41.5. The number of carbonyl (C=O) groups is 7. The van der Waals surface area contributed by atoms with Gasteiger partial charge in [-0.25, -0.2) is 13.1 Å². The van der Waals surface area contributed by atoms with Gasteiger partial charge in [-0.3, -0.25) is 33.6 Å². The Morgan fingerprint density at radius 1 is 0.422 bits per heavy atom. The van der Waals surface area contributed by atoms with Crippen LogP contribution in [0.25, 0.3) is 0 Å². The van der Waals surface area contributed by atoms with Crippen LogP contribution >= 0.6 is 0 Å². The number of anilines is 4. The van der Waals surface area contributed by atoms with Crippen LogP contribution < -0.4 is 40.3 Å². The zero-order valence-corrected chi connectivity index (χ0v) is 80.6. The van der Waals surface area contributed by atoms with Gasteiger partial charge in [-0.05, 0) is 320 Å². The van der Waals surface area contributed by atoms with E-state index in [0.717, 1.165) is 200 Å². The van der Waals surface area contributed by atoms with E-state index in [1.807, 2.05) is 159 Å². The highest BCUT2D eigenvalue weighted by atomic mass is 32.2. The summed E-state index contributed by atoms with van der Waals surface area (Å²) in [6, 6.07) is 53.5. The van der Waals surface area contributed by atoms with Gasteiger partial charge in [0.25, 0.3) is 23.6 Å². The van der Waals surface area contributed by atoms with Crippen LogP contribution in [0.3, 0.4) is 0 Å². The average molecular weight is 1850 g/mol. The van der Waals surface area contributed by atoms with Gasteiger partial charge in [-0.15, -0.1) is 6.58 Å². The van der Waals surface area contributed by atoms with Crippen LogP contribution in [-0.2, 0) is 69.7 Å². The lowest BCUT2D eigenvalue weighted by Gasteiger charge is -2.60. The number of phenols is 1. The van der Waals surface area contributed by atoms with Crippen molar-refractivity contribution < 1.29 is 57.3 Å². The summed E-state index contributed by atoms with van der Waals surface area (Å²) < 4.78 is 27.6. The van der Waals surface area contributed by atoms with Crippen LogP contribution in [-0.4, -0.2) is 137 Å². The zero-order valence-electron chi connectivity index (χ0n) is 79.8. The predicted molar refractivity (Wildman–Crippen MR) is 534 cm³/mol. The molecule has 25 heteroatoms. The monoisotopic (exact) mass is 1840 g/mol. The number of amidine groups is 4. The highest BCUT2D eigenvalue weighted by Gasteiger charge is 2.56. The Morgan fingerprint density at radius 2 is 0.756 bits per heavy atom. The molecule has 7 amide bonds. The summed E-state index contributed by atoms with van der Waals surface area (Å²) >= 11 is 0. The molecule has 7 saturated carbocycles. The van der Waals surface area contributed by atoms with E-state index < -0.39 is 15.9 Å². The number of nitrogens with zero attached hydrogens (tertiary/aromatic N) is 8. The maximum atomic E-state index is 13.5. The number of aliphatic hydroxyl groups is 2. The number of benzene rings is 8. The van der Waals surface area contributed by atoms with E-state index >= 15 is 0 Å². The third kappa shape index (κ3) is 23.1. The summed E-state index contributed by atoms with van der Waals surface area (Å²) in [5.74, 6) is 4.81. The Labute approximate surface area is 795 Å². The fraction of sp³-hybridized carbons (Fsp3) is 0.445. The van der Waals surface area contributed by atoms with Crippen LogP contribution in [0.5, 0.6) is 5.75 Å². The van der Waals surface area contributed by atoms with Crippen LogP contribution in [0.4, 0.5) is 22.7 Å². The number of fused-ring (bicyclic) bond motifs is 4. The first-order chi connectivity index (χ1) is 64.8. The molecule has 0 spiro atoms. The van der Waals surface area contributed by atoms with Crippen molar-refractivity contribution in [2.45, 2.75) is 277 Å². The van der Waals surface area contributed by atoms with Crippen molar-refractivity contribution in [1.82, 2.24) is 20.7 Å². The lowest BCUT2D eigenvalue weighted by Crippen LogP contribution is -2.61. The van der Waals surface area contributed by atoms with Crippen LogP contribution in [0.15, 0.2) is 207 Å². The molecule has 24 nitrogen and oxygen atoms in total. The number of amides is 7. The van der Waals surface area contributed by atoms with Crippen molar-refractivity contribution in [1.29, 1.82) is 0 Å². The third-order valence-corrected chi connectivity index (χ3v) is 29.9. The van der Waals surface area contributed by atoms with Crippen LogP contribution in [0, 0.1) is 56.3 Å². The van der Waals surface area contributed by atoms with Gasteiger partial charge in [0.15, 0.2) is 0 Å². The highest BCUT2D eigenvalue weighted by Crippen LogP contribution is 2.60. The molecular weight excluding hydrogens is 1710 g/mol. The summed E-state index contributed by atoms with van der Waals surface area (Å²) in [7, 11) is -3.75. The van der Waals surface area contributed by atoms with Crippen molar-refractivity contribution in [3.8, 4) is 5.75 Å². The van der Waals surface area contributed by atoms with Gasteiger partial charge in [0.05, 0.1) is 18.1 Å². The molecular formula is C110H132N12O12S. The molecule has 0 atom stereocenters. The molecule has 8 aromatic carbocycles. The first-order valence-corrected chi connectivity index (χ1v) is 50.2. The molecule has 4 aliphatic heterocycles. The molecule has 11 aliphatic rings. The molecule has 4 heterocycles. The van der Waals surface area contributed by atoms with Crippen molar-refractivity contribution in [2.24, 2.45) is 55.5 Å². The highest BCUT2D eigenvalue weighted by molar-refractivity contribution is 7.89. The largest absolute Gasteiger partial charge is 0.508 e. The molecule has 0 radical (unpaired) electrons. The number of hydrogen-bond donors (Lipinski definition) is 7. The Hall–Kier alpha value is -11.9. The summed E-state index contributed by atoms with van der Waals surface area (Å²) in [5, 5.41) is 38.7. The Morgan fingerprint density at radius 3 is 1.13 bits per heavy atom. The normalized spacial score (nSPS) is 23.5. The Bertz CT molecular complexity index is 5770. The van der Waals surface area contributed by atoms with Crippen molar-refractivity contribution in [2.75, 3.05) is 26.1 Å². The van der Waals surface area contributed by atoms with E-state index in [1.165, 1.54) is 54.3 Å². The number of aliphatic imine (C=N–C) groups is 4. The maximum Gasteiger partial charge on any atom is 0.278 e. The van der Waals surface area contributed by atoms with E-state index in [4.69, 9.17) is 0 Å². The lowest BCUT2D eigenvalue weighted by molar-refractivity contribution is -0.127. The number of aliphatic hydroxyl groups excluding tert-OH is 2. The fourth-order valence-corrected chi connectivity index (χ4v) is 23.2. The number of carbonyl (C=O) groups excluding carboxylic acids is 7. The molecule has 8 aromatic rings. The number of hydrogen-bond acceptors (Lipinski definition) is 12. The van der Waals surface area contributed by atoms with Crippen molar-refractivity contribution in [3.05, 3.63) is 260 Å². The Kier molecular flexibility index (Phi) is 31.1. The van der Waals surface area contributed by atoms with Crippen LogP contribution in [0.2, 0.25) is 0 Å². The second kappa shape index (κ2) is 43.0. The number of nitrogens with one attached hydrogen (secondary N) is 4. The van der Waals surface area contributed by atoms with Crippen molar-refractivity contribution >= 4 is 97.5 Å². The average Bonchev–Trinajstić information content (AvgIpc) is 1.69. The topological polar surface area (TPSA) is 325 Å². The molecule has 4 bridgehead atoms. The summed E-state index contributed by atoms with van der Waals surface area (Å²) in [6.07, 6.45) is 22.2. The Balaban J connectivity index is 0.000000137. The van der Waals surface area contributed by atoms with Gasteiger partial charge >= 0.3 is 0 Å². The van der Waals surface area contributed by atoms with Gasteiger partial charge in [0.2, 0.25) is 27.7 Å². The summed E-state index contributed by atoms with van der Waals surface area (Å²) in [6.45, 7) is 23.7. The van der Waals surface area contributed by atoms with E-state index in [-0.39, 0.29) is 131 Å². The van der Waals surface area contributed by atoms with Gasteiger partial charge in [-0.1, -0.05) is 115 Å². The third-order valence-electron chi connectivity index (χ3n) is 28.5. The van der Waals surface area contributed by atoms with Gasteiger partial charge < -0.3 is 50.9 Å². The number of aryl methyl sites for hydroxylation is 4. The number of phenolic OH excluding ortho intramolecular Hbond substituents is 1. The van der Waals surface area contributed by atoms with Gasteiger partial charge in [0, 0.05) is 143 Å². The predicted octanol–water partition coefficient (Wildman–Crippen LogP) is 18.0. The molecule has 0 unspecified atom stereocenters. The van der Waals surface area contributed by atoms with E-state index in [2.05, 4.69) is 98.0 Å².